The number of hydrogen-bond donors (Lipinski definition) is 2. The molecule has 0 saturated carbocycles. The van der Waals surface area contributed by atoms with Crippen LogP contribution in [0.3, 0.4) is 0 Å². The van der Waals surface area contributed by atoms with E-state index in [1.807, 2.05) is 48.5 Å². The molecular weight excluding hydrogens is 402 g/mol. The molecule has 0 unspecified atom stereocenters. The molecule has 1 heterocycles. The highest BCUT2D eigenvalue weighted by Gasteiger charge is 2.19. The third kappa shape index (κ3) is 3.87. The van der Waals surface area contributed by atoms with E-state index >= 15 is 0 Å². The molecule has 8 heteroatoms. The number of ether oxygens (including phenoxy) is 1. The molecule has 0 aliphatic heterocycles. The Morgan fingerprint density at radius 3 is 2.30 bits per heavy atom. The van der Waals surface area contributed by atoms with Crippen molar-refractivity contribution < 1.29 is 17.9 Å². The third-order valence-corrected chi connectivity index (χ3v) is 5.52. The first-order valence-corrected chi connectivity index (χ1v) is 11.2. The van der Waals surface area contributed by atoms with Crippen LogP contribution in [-0.4, -0.2) is 31.9 Å². The normalized spacial score (nSPS) is 11.8. The first-order valence-electron chi connectivity index (χ1n) is 9.30. The summed E-state index contributed by atoms with van der Waals surface area (Å²) in [6, 6.07) is 20.9. The van der Waals surface area contributed by atoms with Crippen LogP contribution in [0.15, 0.2) is 66.7 Å². The fraction of sp³-hybridized carbons (Fsp3) is 0.136. The average molecular weight is 423 g/mol. The number of carbonyl (C=O) groups is 1. The van der Waals surface area contributed by atoms with Crippen LogP contribution in [-0.2, 0) is 16.6 Å². The summed E-state index contributed by atoms with van der Waals surface area (Å²) in [5.41, 5.74) is 8.85. The van der Waals surface area contributed by atoms with Gasteiger partial charge in [-0.25, -0.2) is 8.42 Å². The van der Waals surface area contributed by atoms with Gasteiger partial charge in [0.05, 0.1) is 22.7 Å². The Hall–Kier alpha value is -3.36. The smallest absolute Gasteiger partial charge is 0.249 e. The maximum Gasteiger partial charge on any atom is 0.249 e. The highest BCUT2D eigenvalue weighted by Crippen LogP contribution is 2.38. The minimum absolute atomic E-state index is 0.220. The molecule has 1 aromatic heterocycles. The molecule has 3 N–H and O–H groups in total. The molecule has 0 saturated heterocycles. The first-order chi connectivity index (χ1) is 14.3. The molecule has 30 heavy (non-hydrogen) atoms. The topological polar surface area (TPSA) is 103 Å². The van der Waals surface area contributed by atoms with Crippen LogP contribution >= 0.6 is 0 Å². The lowest BCUT2D eigenvalue weighted by atomic mass is 10.1. The fourth-order valence-corrected chi connectivity index (χ4v) is 3.90. The average Bonchev–Trinajstić information content (AvgIpc) is 3.02. The van der Waals surface area contributed by atoms with Gasteiger partial charge in [-0.15, -0.1) is 0 Å². The molecule has 4 rings (SSSR count). The lowest BCUT2D eigenvalue weighted by Crippen LogP contribution is -2.26. The van der Waals surface area contributed by atoms with Gasteiger partial charge in [0.25, 0.3) is 0 Å². The molecule has 0 spiro atoms. The summed E-state index contributed by atoms with van der Waals surface area (Å²) in [6.07, 6.45) is 1.06. The van der Waals surface area contributed by atoms with Crippen molar-refractivity contribution in [3.63, 3.8) is 0 Å². The Labute approximate surface area is 174 Å². The number of aromatic nitrogens is 1. The van der Waals surface area contributed by atoms with Gasteiger partial charge in [0, 0.05) is 17.5 Å². The molecule has 3 aromatic carbocycles. The molecule has 0 radical (unpaired) electrons. The molecule has 4 aromatic rings. The van der Waals surface area contributed by atoms with E-state index in [-0.39, 0.29) is 6.73 Å². The van der Waals surface area contributed by atoms with Crippen LogP contribution < -0.4 is 15.2 Å². The molecule has 0 aliphatic rings. The summed E-state index contributed by atoms with van der Waals surface area (Å²) in [6.45, 7) is 0.371. The molecular formula is C22H21N3O4S. The van der Waals surface area contributed by atoms with Gasteiger partial charge < -0.3 is 15.0 Å². The van der Waals surface area contributed by atoms with Crippen molar-refractivity contribution in [2.24, 2.45) is 5.73 Å². The minimum atomic E-state index is -3.40. The number of nitrogens with one attached hydrogen (secondary N) is 1. The molecule has 7 nitrogen and oxygen atoms in total. The van der Waals surface area contributed by atoms with Crippen LogP contribution in [0, 0.1) is 0 Å². The summed E-state index contributed by atoms with van der Waals surface area (Å²) in [4.78, 5) is 12.2. The number of nitrogens with zero attached hydrogens (tertiary/aromatic N) is 1. The maximum absolute atomic E-state index is 12.2. The molecule has 0 atom stereocenters. The van der Waals surface area contributed by atoms with Crippen LogP contribution in [0.5, 0.6) is 5.75 Å². The summed E-state index contributed by atoms with van der Waals surface area (Å²) < 4.78 is 32.9. The van der Waals surface area contributed by atoms with Crippen molar-refractivity contribution in [2.75, 3.05) is 13.0 Å². The van der Waals surface area contributed by atoms with Gasteiger partial charge in [-0.3, -0.25) is 4.79 Å². The molecule has 154 valence electrons. The fourth-order valence-electron chi connectivity index (χ4n) is 3.63. The first kappa shape index (κ1) is 19.9. The van der Waals surface area contributed by atoms with Gasteiger partial charge in [0.2, 0.25) is 15.9 Å². The van der Waals surface area contributed by atoms with Gasteiger partial charge >= 0.3 is 0 Å². The van der Waals surface area contributed by atoms with Crippen molar-refractivity contribution in [3.05, 3.63) is 77.9 Å². The lowest BCUT2D eigenvalue weighted by molar-refractivity contribution is 0.100. The largest absolute Gasteiger partial charge is 0.477 e. The minimum Gasteiger partial charge on any atom is -0.477 e. The van der Waals surface area contributed by atoms with Gasteiger partial charge in [0.1, 0.15) is 5.75 Å². The van der Waals surface area contributed by atoms with Gasteiger partial charge in [0.15, 0.2) is 6.73 Å². The number of amides is 1. The number of nitrogens with two attached hydrogens (primary N) is 1. The number of sulfonamides is 1. The Morgan fingerprint density at radius 2 is 1.63 bits per heavy atom. The summed E-state index contributed by atoms with van der Waals surface area (Å²) >= 11 is 0. The van der Waals surface area contributed by atoms with Gasteiger partial charge in [-0.05, 0) is 29.8 Å². The second kappa shape index (κ2) is 7.81. The Balaban J connectivity index is 1.94. The lowest BCUT2D eigenvalue weighted by Gasteiger charge is -2.10. The SMILES string of the molecule is CS(=O)(=O)NCOc1cccc2c1c1c(C(N)=O)cccc1n2Cc1ccccc1. The number of hydrogen-bond acceptors (Lipinski definition) is 4. The number of fused-ring (bicyclic) bond motifs is 3. The zero-order chi connectivity index (χ0) is 21.3. The molecule has 1 amide bonds. The number of primary amides is 1. The van der Waals surface area contributed by atoms with Gasteiger partial charge in [-0.1, -0.05) is 42.5 Å². The number of rotatable bonds is 7. The van der Waals surface area contributed by atoms with E-state index in [2.05, 4.69) is 9.29 Å². The van der Waals surface area contributed by atoms with E-state index < -0.39 is 15.9 Å². The third-order valence-electron chi connectivity index (χ3n) is 4.88. The van der Waals surface area contributed by atoms with E-state index in [9.17, 15) is 13.2 Å². The zero-order valence-corrected chi connectivity index (χ0v) is 17.1. The second-order valence-electron chi connectivity index (χ2n) is 6.99. The predicted octanol–water partition coefficient (Wildman–Crippen LogP) is 2.83. The Morgan fingerprint density at radius 1 is 0.967 bits per heavy atom. The highest BCUT2D eigenvalue weighted by atomic mass is 32.2. The Bertz CT molecular complexity index is 1350. The van der Waals surface area contributed by atoms with E-state index in [1.54, 1.807) is 18.2 Å². The van der Waals surface area contributed by atoms with Crippen molar-refractivity contribution >= 4 is 37.7 Å². The molecule has 0 aliphatic carbocycles. The van der Waals surface area contributed by atoms with E-state index in [1.165, 1.54) is 0 Å². The van der Waals surface area contributed by atoms with E-state index in [0.717, 1.165) is 22.9 Å². The van der Waals surface area contributed by atoms with Gasteiger partial charge in [-0.2, -0.15) is 4.72 Å². The monoisotopic (exact) mass is 423 g/mol. The van der Waals surface area contributed by atoms with Crippen LogP contribution in [0.4, 0.5) is 0 Å². The number of benzene rings is 3. The van der Waals surface area contributed by atoms with Crippen LogP contribution in [0.1, 0.15) is 15.9 Å². The van der Waals surface area contributed by atoms with Crippen LogP contribution in [0.25, 0.3) is 21.8 Å². The summed E-state index contributed by atoms with van der Waals surface area (Å²) in [7, 11) is -3.40. The van der Waals surface area contributed by atoms with Crippen LogP contribution in [0.2, 0.25) is 0 Å². The zero-order valence-electron chi connectivity index (χ0n) is 16.3. The summed E-state index contributed by atoms with van der Waals surface area (Å²) in [5, 5.41) is 1.40. The highest BCUT2D eigenvalue weighted by molar-refractivity contribution is 7.88. The van der Waals surface area contributed by atoms with Crippen molar-refractivity contribution in [3.8, 4) is 5.75 Å². The van der Waals surface area contributed by atoms with E-state index in [0.29, 0.717) is 28.6 Å². The Kier molecular flexibility index (Phi) is 5.19. The quantitative estimate of drug-likeness (QED) is 0.446. The second-order valence-corrected chi connectivity index (χ2v) is 8.82. The van der Waals surface area contributed by atoms with E-state index in [4.69, 9.17) is 10.5 Å². The maximum atomic E-state index is 12.2. The standard InChI is InChI=1S/C22H21N3O4S/c1-30(27,28)24-14-29-19-12-6-11-18-21(19)20-16(22(23)26)9-5-10-17(20)25(18)13-15-7-3-2-4-8-15/h2-12,24H,13-14H2,1H3,(H2,23,26). The summed E-state index contributed by atoms with van der Waals surface area (Å²) in [5.74, 6) is -0.0717. The molecule has 0 fully saturated rings. The molecule has 0 bridgehead atoms. The van der Waals surface area contributed by atoms with Crippen molar-refractivity contribution in [2.45, 2.75) is 6.54 Å². The van der Waals surface area contributed by atoms with Crippen molar-refractivity contribution in [1.29, 1.82) is 0 Å². The number of carbonyl (C=O) groups excluding carboxylic acids is 1. The predicted molar refractivity (Wildman–Crippen MR) is 117 cm³/mol. The van der Waals surface area contributed by atoms with Crippen molar-refractivity contribution in [1.82, 2.24) is 9.29 Å².